The van der Waals surface area contributed by atoms with Crippen molar-refractivity contribution in [2.24, 2.45) is 0 Å². The molecule has 48 heavy (non-hydrogen) atoms. The highest BCUT2D eigenvalue weighted by Gasteiger charge is 2.15. The fourth-order valence-electron chi connectivity index (χ4n) is 4.90. The van der Waals surface area contributed by atoms with E-state index in [9.17, 15) is 30.0 Å². The molecule has 0 radical (unpaired) electrons. The predicted molar refractivity (Wildman–Crippen MR) is 195 cm³/mol. The first kappa shape index (κ1) is 45.5. The smallest absolute Gasteiger partial charge is 0.305 e. The molecule has 0 aromatic carbocycles. The van der Waals surface area contributed by atoms with Gasteiger partial charge in [0.25, 0.3) is 0 Å². The highest BCUT2D eigenvalue weighted by molar-refractivity contribution is 5.69. The third-order valence-electron chi connectivity index (χ3n) is 7.86. The highest BCUT2D eigenvalue weighted by atomic mass is 16.6. The minimum absolute atomic E-state index is 0.0287. The van der Waals surface area contributed by atoms with Crippen molar-refractivity contribution >= 4 is 11.9 Å². The maximum absolute atomic E-state index is 12.0. The molecule has 0 fully saturated rings. The van der Waals surface area contributed by atoms with Crippen molar-refractivity contribution in [1.82, 2.24) is 0 Å². The Kier molecular flexibility index (Phi) is 32.5. The number of hydrogen-bond acceptors (Lipinski definition) is 8. The lowest BCUT2D eigenvalue weighted by molar-refractivity contribution is -0.152. The standard InChI is InChI=1S/C40H68O8/c1-3-5-7-8-9-10-11-12-13-14-15-16-21-25-31-39(45)47-33-36(42)34-48-40(46)32-26-30-38(44)37(43)29-24-20-18-17-19-23-28-35(41)27-22-6-4-2/h6,17-20,22-24,28-29,35-38,41-44H,3-5,7-16,21,25-27,30-34H2,1-2H3/b19-17+,20-18-,22-6-,28-23+,29-24-/t35-,36-,37+,38+/m1/s1. The second-order valence-electron chi connectivity index (χ2n) is 12.5. The zero-order valence-corrected chi connectivity index (χ0v) is 30.1. The molecule has 0 aliphatic rings. The van der Waals surface area contributed by atoms with Crippen LogP contribution in [0.1, 0.15) is 142 Å². The first-order chi connectivity index (χ1) is 23.3. The van der Waals surface area contributed by atoms with Gasteiger partial charge in [-0.3, -0.25) is 9.59 Å². The first-order valence-electron chi connectivity index (χ1n) is 18.7. The summed E-state index contributed by atoms with van der Waals surface area (Å²) in [5.41, 5.74) is 0. The number of carbonyl (C=O) groups excluding carboxylic acids is 2. The molecule has 4 N–H and O–H groups in total. The maximum atomic E-state index is 12.0. The van der Waals surface area contributed by atoms with Crippen LogP contribution in [0.2, 0.25) is 0 Å². The third-order valence-corrected chi connectivity index (χ3v) is 7.86. The van der Waals surface area contributed by atoms with Crippen molar-refractivity contribution in [2.45, 2.75) is 167 Å². The van der Waals surface area contributed by atoms with E-state index in [2.05, 4.69) is 6.92 Å². The SMILES string of the molecule is CC/C=C\C[C@@H](O)/C=C/C=C/C=C\C=C/[C@H](O)[C@@H](O)CCCC(=O)OC[C@H](O)COC(=O)CCCCCCCCCCCCCCCC. The van der Waals surface area contributed by atoms with Crippen LogP contribution in [0.3, 0.4) is 0 Å². The topological polar surface area (TPSA) is 134 Å². The Balaban J connectivity index is 3.81. The summed E-state index contributed by atoms with van der Waals surface area (Å²) in [7, 11) is 0. The number of ether oxygens (including phenoxy) is 2. The lowest BCUT2D eigenvalue weighted by Gasteiger charge is -2.14. The van der Waals surface area contributed by atoms with E-state index in [0.29, 0.717) is 19.3 Å². The van der Waals surface area contributed by atoms with Gasteiger partial charge in [-0.25, -0.2) is 0 Å². The summed E-state index contributed by atoms with van der Waals surface area (Å²) < 4.78 is 10.2. The van der Waals surface area contributed by atoms with Gasteiger partial charge in [-0.1, -0.05) is 158 Å². The van der Waals surface area contributed by atoms with Gasteiger partial charge in [-0.05, 0) is 32.1 Å². The Morgan fingerprint density at radius 1 is 0.562 bits per heavy atom. The highest BCUT2D eigenvalue weighted by Crippen LogP contribution is 2.14. The van der Waals surface area contributed by atoms with Gasteiger partial charge in [0.05, 0.1) is 18.3 Å². The normalized spacial score (nSPS) is 14.9. The molecule has 0 spiro atoms. The average molecular weight is 677 g/mol. The monoisotopic (exact) mass is 676 g/mol. The van der Waals surface area contributed by atoms with E-state index in [1.54, 1.807) is 42.5 Å². The molecule has 0 aromatic rings. The van der Waals surface area contributed by atoms with Crippen LogP contribution >= 0.6 is 0 Å². The van der Waals surface area contributed by atoms with E-state index < -0.39 is 30.4 Å². The lowest BCUT2D eigenvalue weighted by Crippen LogP contribution is -2.26. The van der Waals surface area contributed by atoms with Gasteiger partial charge >= 0.3 is 11.9 Å². The van der Waals surface area contributed by atoms with E-state index in [-0.39, 0.29) is 32.0 Å². The van der Waals surface area contributed by atoms with Crippen LogP contribution in [0.5, 0.6) is 0 Å². The van der Waals surface area contributed by atoms with E-state index >= 15 is 0 Å². The fraction of sp³-hybridized carbons (Fsp3) is 0.700. The van der Waals surface area contributed by atoms with Crippen molar-refractivity contribution in [3.05, 3.63) is 60.8 Å². The van der Waals surface area contributed by atoms with Gasteiger partial charge in [0, 0.05) is 12.8 Å². The Labute approximate surface area is 291 Å². The predicted octanol–water partition coefficient (Wildman–Crippen LogP) is 8.14. The van der Waals surface area contributed by atoms with Crippen molar-refractivity contribution in [1.29, 1.82) is 0 Å². The Morgan fingerprint density at radius 3 is 1.54 bits per heavy atom. The van der Waals surface area contributed by atoms with Gasteiger partial charge in [0.1, 0.15) is 19.3 Å². The minimum atomic E-state index is -1.09. The minimum Gasteiger partial charge on any atom is -0.463 e. The molecule has 0 aromatic heterocycles. The van der Waals surface area contributed by atoms with Crippen LogP contribution in [0, 0.1) is 0 Å². The number of aliphatic hydroxyl groups excluding tert-OH is 4. The quantitative estimate of drug-likeness (QED) is 0.0243. The zero-order valence-electron chi connectivity index (χ0n) is 30.1. The molecule has 0 bridgehead atoms. The van der Waals surface area contributed by atoms with Gasteiger partial charge in [-0.2, -0.15) is 0 Å². The molecule has 8 nitrogen and oxygen atoms in total. The van der Waals surface area contributed by atoms with Crippen LogP contribution in [0.4, 0.5) is 0 Å². The summed E-state index contributed by atoms with van der Waals surface area (Å²) in [5.74, 6) is -0.888. The number of allylic oxidation sites excluding steroid dienone is 7. The number of hydrogen-bond donors (Lipinski definition) is 4. The molecule has 0 aliphatic carbocycles. The molecular weight excluding hydrogens is 608 g/mol. The van der Waals surface area contributed by atoms with Crippen LogP contribution in [-0.2, 0) is 19.1 Å². The van der Waals surface area contributed by atoms with E-state index in [1.165, 1.54) is 76.7 Å². The number of unbranched alkanes of at least 4 members (excludes halogenated alkanes) is 13. The first-order valence-corrected chi connectivity index (χ1v) is 18.7. The molecule has 0 amide bonds. The molecule has 0 saturated carbocycles. The fourth-order valence-corrected chi connectivity index (χ4v) is 4.90. The number of aliphatic hydroxyl groups is 4. The molecule has 8 heteroatoms. The van der Waals surface area contributed by atoms with E-state index in [1.807, 2.05) is 19.1 Å². The van der Waals surface area contributed by atoms with Gasteiger partial charge in [-0.15, -0.1) is 0 Å². The van der Waals surface area contributed by atoms with Crippen molar-refractivity contribution in [3.8, 4) is 0 Å². The summed E-state index contributed by atoms with van der Waals surface area (Å²) >= 11 is 0. The van der Waals surface area contributed by atoms with Gasteiger partial charge in [0.15, 0.2) is 0 Å². The molecular formula is C40H68O8. The summed E-state index contributed by atoms with van der Waals surface area (Å²) in [4.78, 5) is 23.9. The molecule has 0 unspecified atom stereocenters. The molecule has 0 heterocycles. The Bertz CT molecular complexity index is 907. The lowest BCUT2D eigenvalue weighted by atomic mass is 10.0. The molecule has 0 saturated heterocycles. The maximum Gasteiger partial charge on any atom is 0.305 e. The van der Waals surface area contributed by atoms with Crippen molar-refractivity contribution < 1.29 is 39.5 Å². The summed E-state index contributed by atoms with van der Waals surface area (Å²) in [6, 6.07) is 0. The van der Waals surface area contributed by atoms with Crippen LogP contribution in [0.15, 0.2) is 60.8 Å². The van der Waals surface area contributed by atoms with Gasteiger partial charge in [0.2, 0.25) is 0 Å². The summed E-state index contributed by atoms with van der Waals surface area (Å²) in [6.45, 7) is 3.80. The largest absolute Gasteiger partial charge is 0.463 e. The molecule has 276 valence electrons. The van der Waals surface area contributed by atoms with Crippen molar-refractivity contribution in [2.75, 3.05) is 13.2 Å². The van der Waals surface area contributed by atoms with Gasteiger partial charge < -0.3 is 29.9 Å². The van der Waals surface area contributed by atoms with Crippen LogP contribution < -0.4 is 0 Å². The number of rotatable bonds is 32. The second-order valence-corrected chi connectivity index (χ2v) is 12.5. The Morgan fingerprint density at radius 2 is 1.02 bits per heavy atom. The number of esters is 2. The second kappa shape index (κ2) is 34.3. The van der Waals surface area contributed by atoms with E-state index in [4.69, 9.17) is 9.47 Å². The van der Waals surface area contributed by atoms with Crippen LogP contribution in [-0.4, -0.2) is 70.0 Å². The van der Waals surface area contributed by atoms with Crippen molar-refractivity contribution in [3.63, 3.8) is 0 Å². The summed E-state index contributed by atoms with van der Waals surface area (Å²) in [6.07, 6.45) is 33.7. The number of carbonyl (C=O) groups is 2. The Hall–Kier alpha value is -2.52. The molecule has 0 aliphatic heterocycles. The summed E-state index contributed by atoms with van der Waals surface area (Å²) in [5, 5.41) is 40.0. The molecule has 4 atom stereocenters. The average Bonchev–Trinajstić information content (AvgIpc) is 3.07. The van der Waals surface area contributed by atoms with E-state index in [0.717, 1.165) is 25.7 Å². The third kappa shape index (κ3) is 32.0. The molecule has 0 rings (SSSR count). The van der Waals surface area contributed by atoms with Crippen LogP contribution in [0.25, 0.3) is 0 Å². The zero-order chi connectivity index (χ0) is 35.5.